The SMILES string of the molecule is Cc1cc2c(cc1I)C(=O)C(=O)N2. The molecule has 1 aromatic carbocycles. The van der Waals surface area contributed by atoms with Crippen molar-refractivity contribution in [3.63, 3.8) is 0 Å². The highest BCUT2D eigenvalue weighted by molar-refractivity contribution is 14.1. The molecule has 3 nitrogen and oxygen atoms in total. The van der Waals surface area contributed by atoms with Crippen molar-refractivity contribution < 1.29 is 9.59 Å². The van der Waals surface area contributed by atoms with E-state index >= 15 is 0 Å². The predicted molar refractivity (Wildman–Crippen MR) is 56.9 cm³/mol. The third kappa shape index (κ3) is 1.25. The van der Waals surface area contributed by atoms with Crippen LogP contribution in [0.2, 0.25) is 0 Å². The van der Waals surface area contributed by atoms with Crippen LogP contribution in [0.15, 0.2) is 12.1 Å². The van der Waals surface area contributed by atoms with Crippen molar-refractivity contribution in [2.45, 2.75) is 6.92 Å². The van der Waals surface area contributed by atoms with E-state index in [-0.39, 0.29) is 0 Å². The number of rotatable bonds is 0. The van der Waals surface area contributed by atoms with Gasteiger partial charge in [-0.3, -0.25) is 9.59 Å². The molecule has 0 saturated heterocycles. The van der Waals surface area contributed by atoms with Gasteiger partial charge < -0.3 is 5.32 Å². The maximum atomic E-state index is 11.2. The Bertz CT molecular complexity index is 426. The number of nitrogens with one attached hydrogen (secondary N) is 1. The maximum Gasteiger partial charge on any atom is 0.296 e. The van der Waals surface area contributed by atoms with Crippen molar-refractivity contribution in [3.05, 3.63) is 26.8 Å². The van der Waals surface area contributed by atoms with E-state index in [1.54, 1.807) is 6.07 Å². The van der Waals surface area contributed by atoms with Gasteiger partial charge in [-0.1, -0.05) is 0 Å². The van der Waals surface area contributed by atoms with Gasteiger partial charge in [0.2, 0.25) is 0 Å². The van der Waals surface area contributed by atoms with Crippen LogP contribution in [0.5, 0.6) is 0 Å². The second kappa shape index (κ2) is 2.80. The van der Waals surface area contributed by atoms with Crippen LogP contribution in [-0.2, 0) is 4.79 Å². The molecule has 0 aromatic heterocycles. The Morgan fingerprint density at radius 2 is 2.00 bits per heavy atom. The molecule has 0 aliphatic carbocycles. The smallest absolute Gasteiger partial charge is 0.296 e. The summed E-state index contributed by atoms with van der Waals surface area (Å²) in [4.78, 5) is 22.2. The Kier molecular flexibility index (Phi) is 1.87. The average Bonchev–Trinajstić information content (AvgIpc) is 2.32. The van der Waals surface area contributed by atoms with Crippen molar-refractivity contribution in [2.75, 3.05) is 5.32 Å². The number of benzene rings is 1. The lowest BCUT2D eigenvalue weighted by molar-refractivity contribution is -0.112. The summed E-state index contributed by atoms with van der Waals surface area (Å²) in [5.74, 6) is -0.968. The molecule has 1 aliphatic rings. The number of anilines is 1. The number of carbonyl (C=O) groups excluding carboxylic acids is 2. The highest BCUT2D eigenvalue weighted by atomic mass is 127. The molecule has 66 valence electrons. The van der Waals surface area contributed by atoms with Crippen molar-refractivity contribution in [3.8, 4) is 0 Å². The van der Waals surface area contributed by atoms with Crippen molar-refractivity contribution in [2.24, 2.45) is 0 Å². The zero-order valence-corrected chi connectivity index (χ0v) is 9.01. The van der Waals surface area contributed by atoms with E-state index in [4.69, 9.17) is 0 Å². The average molecular weight is 287 g/mol. The summed E-state index contributed by atoms with van der Waals surface area (Å²) < 4.78 is 1.00. The minimum absolute atomic E-state index is 0.437. The van der Waals surface area contributed by atoms with Gasteiger partial charge in [0.25, 0.3) is 11.7 Å². The first-order valence-electron chi connectivity index (χ1n) is 3.75. The third-order valence-corrected chi connectivity index (χ3v) is 3.16. The van der Waals surface area contributed by atoms with Gasteiger partial charge in [0.15, 0.2) is 0 Å². The zero-order valence-electron chi connectivity index (χ0n) is 6.85. The highest BCUT2D eigenvalue weighted by Gasteiger charge is 2.28. The van der Waals surface area contributed by atoms with Gasteiger partial charge in [-0.15, -0.1) is 0 Å². The van der Waals surface area contributed by atoms with Crippen molar-refractivity contribution >= 4 is 40.0 Å². The van der Waals surface area contributed by atoms with E-state index in [1.165, 1.54) is 0 Å². The minimum atomic E-state index is -0.531. The standard InChI is InChI=1S/C9H6INO2/c1-4-2-7-5(3-6(4)10)8(12)9(13)11-7/h2-3H,1H3,(H,11,12,13). The van der Waals surface area contributed by atoms with E-state index < -0.39 is 11.7 Å². The summed E-state index contributed by atoms with van der Waals surface area (Å²) in [6.45, 7) is 1.94. The molecule has 1 aliphatic heterocycles. The van der Waals surface area contributed by atoms with Gasteiger partial charge in [0.1, 0.15) is 0 Å². The number of ketones is 1. The van der Waals surface area contributed by atoms with E-state index in [1.807, 2.05) is 13.0 Å². The van der Waals surface area contributed by atoms with Gasteiger partial charge in [-0.25, -0.2) is 0 Å². The Labute approximate surface area is 88.7 Å². The Morgan fingerprint density at radius 3 is 2.69 bits per heavy atom. The molecule has 0 radical (unpaired) electrons. The summed E-state index contributed by atoms with van der Waals surface area (Å²) in [7, 11) is 0. The second-order valence-electron chi connectivity index (χ2n) is 2.93. The molecular formula is C9H6INO2. The molecule has 0 fully saturated rings. The zero-order chi connectivity index (χ0) is 9.59. The predicted octanol–water partition coefficient (Wildman–Crippen LogP) is 1.73. The quantitative estimate of drug-likeness (QED) is 0.583. The maximum absolute atomic E-state index is 11.2. The number of aryl methyl sites for hydroxylation is 1. The molecule has 13 heavy (non-hydrogen) atoms. The lowest BCUT2D eigenvalue weighted by atomic mass is 10.1. The largest absolute Gasteiger partial charge is 0.318 e. The summed E-state index contributed by atoms with van der Waals surface area (Å²) in [6.07, 6.45) is 0. The molecule has 0 atom stereocenters. The van der Waals surface area contributed by atoms with Crippen LogP contribution in [0.4, 0.5) is 5.69 Å². The molecule has 1 aromatic rings. The summed E-state index contributed by atoms with van der Waals surface area (Å²) >= 11 is 2.14. The summed E-state index contributed by atoms with van der Waals surface area (Å²) in [6, 6.07) is 3.56. The van der Waals surface area contributed by atoms with Crippen LogP contribution in [0, 0.1) is 10.5 Å². The highest BCUT2D eigenvalue weighted by Crippen LogP contribution is 2.27. The van der Waals surface area contributed by atoms with Crippen LogP contribution in [0.25, 0.3) is 0 Å². The Balaban J connectivity index is 2.66. The monoisotopic (exact) mass is 287 g/mol. The minimum Gasteiger partial charge on any atom is -0.318 e. The number of amides is 1. The van der Waals surface area contributed by atoms with Crippen LogP contribution in [-0.4, -0.2) is 11.7 Å². The first-order chi connectivity index (χ1) is 6.09. The van der Waals surface area contributed by atoms with Gasteiger partial charge in [0, 0.05) is 3.57 Å². The first kappa shape index (κ1) is 8.68. The lowest BCUT2D eigenvalue weighted by Crippen LogP contribution is -2.12. The fourth-order valence-electron chi connectivity index (χ4n) is 1.27. The van der Waals surface area contributed by atoms with Gasteiger partial charge in [-0.2, -0.15) is 0 Å². The normalized spacial score (nSPS) is 14.3. The van der Waals surface area contributed by atoms with E-state index in [2.05, 4.69) is 27.9 Å². The molecule has 0 unspecified atom stereocenters. The second-order valence-corrected chi connectivity index (χ2v) is 4.09. The fourth-order valence-corrected chi connectivity index (χ4v) is 1.74. The van der Waals surface area contributed by atoms with Gasteiger partial charge in [-0.05, 0) is 47.2 Å². The number of halogens is 1. The lowest BCUT2D eigenvalue weighted by Gasteiger charge is -2.01. The van der Waals surface area contributed by atoms with Crippen LogP contribution < -0.4 is 5.32 Å². The molecule has 1 amide bonds. The third-order valence-electron chi connectivity index (χ3n) is 2.00. The Morgan fingerprint density at radius 1 is 1.31 bits per heavy atom. The van der Waals surface area contributed by atoms with E-state index in [0.717, 1.165) is 9.13 Å². The molecule has 2 rings (SSSR count). The summed E-state index contributed by atoms with van der Waals surface area (Å²) in [5, 5.41) is 2.52. The Hall–Kier alpha value is -0.910. The van der Waals surface area contributed by atoms with Gasteiger partial charge in [0.05, 0.1) is 11.3 Å². The van der Waals surface area contributed by atoms with Crippen molar-refractivity contribution in [1.82, 2.24) is 0 Å². The van der Waals surface area contributed by atoms with Crippen LogP contribution in [0.3, 0.4) is 0 Å². The number of Topliss-reactive ketones (excluding diaryl/α,β-unsaturated/α-hetero) is 1. The number of carbonyl (C=O) groups is 2. The molecular weight excluding hydrogens is 281 g/mol. The van der Waals surface area contributed by atoms with Crippen LogP contribution in [0.1, 0.15) is 15.9 Å². The summed E-state index contributed by atoms with van der Waals surface area (Å²) in [5.41, 5.74) is 2.18. The molecule has 1 N–H and O–H groups in total. The first-order valence-corrected chi connectivity index (χ1v) is 4.83. The fraction of sp³-hybridized carbons (Fsp3) is 0.111. The van der Waals surface area contributed by atoms with E-state index in [0.29, 0.717) is 11.3 Å². The number of fused-ring (bicyclic) bond motifs is 1. The molecule has 0 spiro atoms. The van der Waals surface area contributed by atoms with Crippen molar-refractivity contribution in [1.29, 1.82) is 0 Å². The molecule has 0 saturated carbocycles. The number of hydrogen-bond donors (Lipinski definition) is 1. The number of hydrogen-bond acceptors (Lipinski definition) is 2. The molecule has 1 heterocycles. The molecule has 0 bridgehead atoms. The van der Waals surface area contributed by atoms with Crippen LogP contribution >= 0.6 is 22.6 Å². The van der Waals surface area contributed by atoms with E-state index in [9.17, 15) is 9.59 Å². The van der Waals surface area contributed by atoms with Gasteiger partial charge >= 0.3 is 0 Å². The molecule has 4 heteroatoms. The topological polar surface area (TPSA) is 46.2 Å².